The van der Waals surface area contributed by atoms with Gasteiger partial charge in [-0.1, -0.05) is 49.2 Å². The third kappa shape index (κ3) is 4.43. The van der Waals surface area contributed by atoms with Crippen molar-refractivity contribution in [1.82, 2.24) is 5.32 Å². The SMILES string of the molecule is NCC(NC(=O)CCS(=O)(=O)C1CCCC1)c1ccc2ccccc2c1. The van der Waals surface area contributed by atoms with Crippen LogP contribution in [0.3, 0.4) is 0 Å². The van der Waals surface area contributed by atoms with E-state index < -0.39 is 9.84 Å². The van der Waals surface area contributed by atoms with Gasteiger partial charge in [0.2, 0.25) is 5.91 Å². The summed E-state index contributed by atoms with van der Waals surface area (Å²) in [5.74, 6) is -0.353. The van der Waals surface area contributed by atoms with Gasteiger partial charge in [0.1, 0.15) is 0 Å². The number of carbonyl (C=O) groups is 1. The Labute approximate surface area is 154 Å². The molecule has 2 aromatic carbocycles. The Bertz CT molecular complexity index is 874. The van der Waals surface area contributed by atoms with E-state index in [2.05, 4.69) is 5.32 Å². The maximum absolute atomic E-state index is 12.3. The van der Waals surface area contributed by atoms with Crippen molar-refractivity contribution in [2.24, 2.45) is 5.73 Å². The lowest BCUT2D eigenvalue weighted by atomic mass is 10.0. The van der Waals surface area contributed by atoms with Gasteiger partial charge in [0.05, 0.1) is 17.0 Å². The van der Waals surface area contributed by atoms with Crippen LogP contribution < -0.4 is 11.1 Å². The van der Waals surface area contributed by atoms with Crippen LogP contribution in [0.4, 0.5) is 0 Å². The maximum Gasteiger partial charge on any atom is 0.221 e. The van der Waals surface area contributed by atoms with E-state index in [1.807, 2.05) is 42.5 Å². The van der Waals surface area contributed by atoms with Crippen LogP contribution in [0, 0.1) is 0 Å². The zero-order valence-electron chi connectivity index (χ0n) is 14.9. The molecule has 1 aliphatic carbocycles. The molecule has 0 saturated heterocycles. The van der Waals surface area contributed by atoms with Gasteiger partial charge in [-0.15, -0.1) is 0 Å². The zero-order chi connectivity index (χ0) is 18.6. The quantitative estimate of drug-likeness (QED) is 0.780. The lowest BCUT2D eigenvalue weighted by Crippen LogP contribution is -2.35. The normalized spacial score (nSPS) is 16.7. The standard InChI is InChI=1S/C20H26N2O3S/c21-14-19(17-10-9-15-5-1-2-6-16(15)13-17)22-20(23)11-12-26(24,25)18-7-3-4-8-18/h1-2,5-6,9-10,13,18-19H,3-4,7-8,11-12,14,21H2,(H,22,23). The molecule has 0 radical (unpaired) electrons. The number of rotatable bonds is 7. The summed E-state index contributed by atoms with van der Waals surface area (Å²) in [5.41, 5.74) is 6.77. The summed E-state index contributed by atoms with van der Waals surface area (Å²) in [5, 5.41) is 4.83. The number of fused-ring (bicyclic) bond motifs is 1. The molecule has 0 bridgehead atoms. The van der Waals surface area contributed by atoms with Crippen molar-refractivity contribution in [3.05, 3.63) is 48.0 Å². The lowest BCUT2D eigenvalue weighted by molar-refractivity contribution is -0.121. The molecule has 0 aliphatic heterocycles. The molecule has 0 heterocycles. The number of carbonyl (C=O) groups excluding carboxylic acids is 1. The van der Waals surface area contributed by atoms with E-state index in [4.69, 9.17) is 5.73 Å². The summed E-state index contributed by atoms with van der Waals surface area (Å²) in [4.78, 5) is 12.3. The molecule has 1 aliphatic rings. The Morgan fingerprint density at radius 3 is 2.50 bits per heavy atom. The van der Waals surface area contributed by atoms with Crippen LogP contribution in [-0.2, 0) is 14.6 Å². The molecule has 2 aromatic rings. The van der Waals surface area contributed by atoms with E-state index in [0.717, 1.165) is 42.0 Å². The third-order valence-corrected chi connectivity index (χ3v) is 7.43. The van der Waals surface area contributed by atoms with Crippen LogP contribution in [0.1, 0.15) is 43.7 Å². The highest BCUT2D eigenvalue weighted by atomic mass is 32.2. The van der Waals surface area contributed by atoms with E-state index in [0.29, 0.717) is 0 Å². The maximum atomic E-state index is 12.3. The van der Waals surface area contributed by atoms with E-state index in [9.17, 15) is 13.2 Å². The van der Waals surface area contributed by atoms with Crippen LogP contribution in [0.2, 0.25) is 0 Å². The average molecular weight is 375 g/mol. The number of nitrogens with two attached hydrogens (primary N) is 1. The summed E-state index contributed by atoms with van der Waals surface area (Å²) in [7, 11) is -3.18. The lowest BCUT2D eigenvalue weighted by Gasteiger charge is -2.18. The van der Waals surface area contributed by atoms with Crippen molar-refractivity contribution >= 4 is 26.5 Å². The minimum Gasteiger partial charge on any atom is -0.348 e. The third-order valence-electron chi connectivity index (χ3n) is 5.17. The number of hydrogen-bond acceptors (Lipinski definition) is 4. The van der Waals surface area contributed by atoms with Crippen LogP contribution >= 0.6 is 0 Å². The highest BCUT2D eigenvalue weighted by Gasteiger charge is 2.29. The van der Waals surface area contributed by atoms with Crippen LogP contribution in [0.25, 0.3) is 10.8 Å². The van der Waals surface area contributed by atoms with E-state index in [-0.39, 0.29) is 35.9 Å². The van der Waals surface area contributed by atoms with E-state index in [1.54, 1.807) is 0 Å². The van der Waals surface area contributed by atoms with Gasteiger partial charge in [0.15, 0.2) is 9.84 Å². The summed E-state index contributed by atoms with van der Waals surface area (Å²) in [6, 6.07) is 13.7. The van der Waals surface area contributed by atoms with Gasteiger partial charge in [-0.2, -0.15) is 0 Å². The first-order chi connectivity index (χ1) is 12.5. The van der Waals surface area contributed by atoms with Crippen molar-refractivity contribution < 1.29 is 13.2 Å². The Kier molecular flexibility index (Phi) is 5.94. The van der Waals surface area contributed by atoms with Crippen molar-refractivity contribution in [2.45, 2.75) is 43.4 Å². The van der Waals surface area contributed by atoms with Gasteiger partial charge in [0, 0.05) is 13.0 Å². The monoisotopic (exact) mass is 374 g/mol. The molecule has 1 atom stereocenters. The van der Waals surface area contributed by atoms with Crippen molar-refractivity contribution in [3.63, 3.8) is 0 Å². The van der Waals surface area contributed by atoms with Crippen molar-refractivity contribution in [1.29, 1.82) is 0 Å². The molecule has 0 aromatic heterocycles. The number of amides is 1. The van der Waals surface area contributed by atoms with Crippen LogP contribution in [-0.4, -0.2) is 31.9 Å². The first kappa shape index (κ1) is 18.9. The fraction of sp³-hybridized carbons (Fsp3) is 0.450. The molecule has 1 amide bonds. The Morgan fingerprint density at radius 2 is 1.81 bits per heavy atom. The van der Waals surface area contributed by atoms with Gasteiger partial charge >= 0.3 is 0 Å². The molecule has 1 fully saturated rings. The highest BCUT2D eigenvalue weighted by molar-refractivity contribution is 7.92. The zero-order valence-corrected chi connectivity index (χ0v) is 15.7. The van der Waals surface area contributed by atoms with E-state index in [1.165, 1.54) is 0 Å². The second kappa shape index (κ2) is 8.18. The molecule has 1 saturated carbocycles. The molecule has 6 heteroatoms. The Balaban J connectivity index is 1.62. The molecule has 3 N–H and O–H groups in total. The largest absolute Gasteiger partial charge is 0.348 e. The fourth-order valence-electron chi connectivity index (χ4n) is 3.62. The van der Waals surface area contributed by atoms with Gasteiger partial charge in [0.25, 0.3) is 0 Å². The second-order valence-electron chi connectivity index (χ2n) is 6.99. The minimum atomic E-state index is -3.18. The van der Waals surface area contributed by atoms with Gasteiger partial charge < -0.3 is 11.1 Å². The number of hydrogen-bond donors (Lipinski definition) is 2. The van der Waals surface area contributed by atoms with Gasteiger partial charge in [-0.25, -0.2) is 8.42 Å². The number of sulfone groups is 1. The molecule has 1 unspecified atom stereocenters. The molecule has 26 heavy (non-hydrogen) atoms. The summed E-state index contributed by atoms with van der Waals surface area (Å²) in [6.45, 7) is 0.263. The first-order valence-corrected chi connectivity index (χ1v) is 10.9. The Morgan fingerprint density at radius 1 is 1.12 bits per heavy atom. The Hall–Kier alpha value is -1.92. The predicted molar refractivity (Wildman–Crippen MR) is 105 cm³/mol. The first-order valence-electron chi connectivity index (χ1n) is 9.19. The van der Waals surface area contributed by atoms with Crippen molar-refractivity contribution in [2.75, 3.05) is 12.3 Å². The van der Waals surface area contributed by atoms with Crippen LogP contribution in [0.15, 0.2) is 42.5 Å². The molecule has 140 valence electrons. The summed E-state index contributed by atoms with van der Waals surface area (Å²) >= 11 is 0. The van der Waals surface area contributed by atoms with E-state index >= 15 is 0 Å². The fourth-order valence-corrected chi connectivity index (χ4v) is 5.47. The number of benzene rings is 2. The summed E-state index contributed by atoms with van der Waals surface area (Å²) in [6.07, 6.45) is 3.38. The highest BCUT2D eigenvalue weighted by Crippen LogP contribution is 2.25. The van der Waals surface area contributed by atoms with Crippen molar-refractivity contribution in [3.8, 4) is 0 Å². The minimum absolute atomic E-state index is 0.0110. The molecule has 5 nitrogen and oxygen atoms in total. The van der Waals surface area contributed by atoms with Crippen LogP contribution in [0.5, 0.6) is 0 Å². The topological polar surface area (TPSA) is 89.3 Å². The predicted octanol–water partition coefficient (Wildman–Crippen LogP) is 2.70. The van der Waals surface area contributed by atoms with Gasteiger partial charge in [-0.05, 0) is 35.2 Å². The second-order valence-corrected chi connectivity index (χ2v) is 9.39. The average Bonchev–Trinajstić information content (AvgIpc) is 3.20. The molecule has 0 spiro atoms. The van der Waals surface area contributed by atoms with Gasteiger partial charge in [-0.3, -0.25) is 4.79 Å². The smallest absolute Gasteiger partial charge is 0.221 e. The summed E-state index contributed by atoms with van der Waals surface area (Å²) < 4.78 is 24.6. The molecular weight excluding hydrogens is 348 g/mol. The number of nitrogens with one attached hydrogen (secondary N) is 1. The molecule has 3 rings (SSSR count). The molecular formula is C20H26N2O3S.